The molecule has 1 aliphatic heterocycles. The van der Waals surface area contributed by atoms with Gasteiger partial charge in [-0.15, -0.1) is 0 Å². The summed E-state index contributed by atoms with van der Waals surface area (Å²) >= 11 is 0. The maximum absolute atomic E-state index is 12.7. The quantitative estimate of drug-likeness (QED) is 0.799. The monoisotopic (exact) mass is 400 g/mol. The molecule has 1 saturated heterocycles. The Morgan fingerprint density at radius 2 is 1.96 bits per heavy atom. The highest BCUT2D eigenvalue weighted by molar-refractivity contribution is 7.92. The molecule has 28 heavy (non-hydrogen) atoms. The highest BCUT2D eigenvalue weighted by atomic mass is 32.2. The third-order valence-electron chi connectivity index (χ3n) is 5.53. The fourth-order valence-electron chi connectivity index (χ4n) is 3.98. The second-order valence-electron chi connectivity index (χ2n) is 7.48. The average molecular weight is 401 g/mol. The lowest BCUT2D eigenvalue weighted by Gasteiger charge is -2.32. The SMILES string of the molecule is NC(=O)C1CCCN(c2ccc(NS(=O)(=O)c3ccc4c(c3)CCC4)cn2)C1. The fourth-order valence-corrected chi connectivity index (χ4v) is 5.07. The Labute approximate surface area is 165 Å². The van der Waals surface area contributed by atoms with Crippen LogP contribution >= 0.6 is 0 Å². The van der Waals surface area contributed by atoms with Crippen LogP contribution in [0.15, 0.2) is 41.4 Å². The van der Waals surface area contributed by atoms with Crippen molar-refractivity contribution in [2.24, 2.45) is 11.7 Å². The molecule has 148 valence electrons. The lowest BCUT2D eigenvalue weighted by atomic mass is 9.97. The zero-order chi connectivity index (χ0) is 19.7. The van der Waals surface area contributed by atoms with E-state index in [9.17, 15) is 13.2 Å². The molecule has 0 radical (unpaired) electrons. The summed E-state index contributed by atoms with van der Waals surface area (Å²) in [4.78, 5) is 18.1. The lowest BCUT2D eigenvalue weighted by molar-refractivity contribution is -0.122. The highest BCUT2D eigenvalue weighted by Gasteiger charge is 2.25. The number of benzene rings is 1. The second-order valence-corrected chi connectivity index (χ2v) is 9.16. The fraction of sp³-hybridized carbons (Fsp3) is 0.400. The third kappa shape index (κ3) is 3.82. The number of primary amides is 1. The van der Waals surface area contributed by atoms with Crippen molar-refractivity contribution in [1.82, 2.24) is 4.98 Å². The molecule has 2 aliphatic rings. The van der Waals surface area contributed by atoms with Gasteiger partial charge in [0.1, 0.15) is 5.82 Å². The number of carbonyl (C=O) groups is 1. The van der Waals surface area contributed by atoms with Crippen molar-refractivity contribution < 1.29 is 13.2 Å². The molecular formula is C20H24N4O3S. The Bertz CT molecular complexity index is 989. The third-order valence-corrected chi connectivity index (χ3v) is 6.91. The van der Waals surface area contributed by atoms with Crippen LogP contribution in [0.1, 0.15) is 30.4 Å². The minimum atomic E-state index is -3.66. The van der Waals surface area contributed by atoms with Crippen molar-refractivity contribution in [2.75, 3.05) is 22.7 Å². The van der Waals surface area contributed by atoms with Gasteiger partial charge in [0, 0.05) is 13.1 Å². The molecule has 1 aromatic heterocycles. The van der Waals surface area contributed by atoms with Gasteiger partial charge in [-0.2, -0.15) is 0 Å². The Morgan fingerprint density at radius 3 is 2.71 bits per heavy atom. The standard InChI is InChI=1S/C20H24N4O3S/c21-20(25)16-5-2-10-24(13-16)19-9-7-17(12-22-19)23-28(26,27)18-8-6-14-3-1-4-15(14)11-18/h6-9,11-12,16,23H,1-5,10,13H2,(H2,21,25). The van der Waals surface area contributed by atoms with Crippen LogP contribution in [0.25, 0.3) is 0 Å². The smallest absolute Gasteiger partial charge is 0.261 e. The first-order chi connectivity index (χ1) is 13.4. The summed E-state index contributed by atoms with van der Waals surface area (Å²) < 4.78 is 28.0. The molecule has 8 heteroatoms. The number of nitrogens with two attached hydrogens (primary N) is 1. The summed E-state index contributed by atoms with van der Waals surface area (Å²) in [7, 11) is -3.66. The van der Waals surface area contributed by atoms with E-state index in [1.807, 2.05) is 11.0 Å². The molecule has 0 saturated carbocycles. The van der Waals surface area contributed by atoms with Crippen molar-refractivity contribution in [3.8, 4) is 0 Å². The number of sulfonamides is 1. The van der Waals surface area contributed by atoms with Gasteiger partial charge in [-0.1, -0.05) is 6.07 Å². The number of amides is 1. The molecule has 1 unspecified atom stereocenters. The van der Waals surface area contributed by atoms with Gasteiger partial charge in [-0.25, -0.2) is 13.4 Å². The first kappa shape index (κ1) is 18.7. The predicted molar refractivity (Wildman–Crippen MR) is 108 cm³/mol. The number of carbonyl (C=O) groups excluding carboxylic acids is 1. The number of pyridine rings is 1. The largest absolute Gasteiger partial charge is 0.369 e. The Kier molecular flexibility index (Phi) is 4.97. The molecule has 1 atom stereocenters. The van der Waals surface area contributed by atoms with Crippen LogP contribution in [0.3, 0.4) is 0 Å². The topological polar surface area (TPSA) is 105 Å². The van der Waals surface area contributed by atoms with E-state index in [1.54, 1.807) is 24.3 Å². The van der Waals surface area contributed by atoms with Gasteiger partial charge in [-0.05, 0) is 67.5 Å². The van der Waals surface area contributed by atoms with Crippen LogP contribution in [-0.2, 0) is 27.7 Å². The maximum atomic E-state index is 12.7. The van der Waals surface area contributed by atoms with Crippen LogP contribution in [0.2, 0.25) is 0 Å². The van der Waals surface area contributed by atoms with Crippen molar-refractivity contribution in [2.45, 2.75) is 37.0 Å². The van der Waals surface area contributed by atoms with Gasteiger partial charge in [-0.3, -0.25) is 9.52 Å². The summed E-state index contributed by atoms with van der Waals surface area (Å²) in [6.07, 6.45) is 6.20. The Morgan fingerprint density at radius 1 is 1.14 bits per heavy atom. The number of aryl methyl sites for hydroxylation is 2. The van der Waals surface area contributed by atoms with E-state index in [-0.39, 0.29) is 16.7 Å². The zero-order valence-electron chi connectivity index (χ0n) is 15.6. The zero-order valence-corrected chi connectivity index (χ0v) is 16.4. The van der Waals surface area contributed by atoms with Crippen molar-refractivity contribution in [1.29, 1.82) is 0 Å². The van der Waals surface area contributed by atoms with Crippen LogP contribution < -0.4 is 15.4 Å². The van der Waals surface area contributed by atoms with Crippen molar-refractivity contribution in [3.05, 3.63) is 47.7 Å². The van der Waals surface area contributed by atoms with E-state index < -0.39 is 10.0 Å². The normalized spacial score (nSPS) is 19.3. The van der Waals surface area contributed by atoms with Crippen LogP contribution in [0.4, 0.5) is 11.5 Å². The van der Waals surface area contributed by atoms with E-state index in [1.165, 1.54) is 11.8 Å². The highest BCUT2D eigenvalue weighted by Crippen LogP contribution is 2.26. The molecule has 1 aliphatic carbocycles. The number of nitrogens with one attached hydrogen (secondary N) is 1. The summed E-state index contributed by atoms with van der Waals surface area (Å²) in [5.41, 5.74) is 8.19. The Hall–Kier alpha value is -2.61. The van der Waals surface area contributed by atoms with Crippen molar-refractivity contribution >= 4 is 27.4 Å². The second kappa shape index (κ2) is 7.43. The van der Waals surface area contributed by atoms with E-state index >= 15 is 0 Å². The summed E-state index contributed by atoms with van der Waals surface area (Å²) in [6, 6.07) is 8.80. The molecule has 1 fully saturated rings. The van der Waals surface area contributed by atoms with E-state index in [0.717, 1.165) is 44.2 Å². The van der Waals surface area contributed by atoms with Gasteiger partial charge in [0.2, 0.25) is 5.91 Å². The van der Waals surface area contributed by atoms with Gasteiger partial charge < -0.3 is 10.6 Å². The molecule has 4 rings (SSSR count). The molecule has 0 bridgehead atoms. The average Bonchev–Trinajstić information content (AvgIpc) is 3.16. The van der Waals surface area contributed by atoms with E-state index in [2.05, 4.69) is 9.71 Å². The summed E-state index contributed by atoms with van der Waals surface area (Å²) in [5, 5.41) is 0. The number of rotatable bonds is 5. The molecule has 2 heterocycles. The maximum Gasteiger partial charge on any atom is 0.261 e. The molecule has 1 amide bonds. The molecule has 0 spiro atoms. The Balaban J connectivity index is 1.47. The lowest BCUT2D eigenvalue weighted by Crippen LogP contribution is -2.41. The number of fused-ring (bicyclic) bond motifs is 1. The molecule has 7 nitrogen and oxygen atoms in total. The van der Waals surface area contributed by atoms with Crippen LogP contribution in [0, 0.1) is 5.92 Å². The van der Waals surface area contributed by atoms with Crippen LogP contribution in [-0.4, -0.2) is 32.4 Å². The number of anilines is 2. The van der Waals surface area contributed by atoms with Gasteiger partial charge >= 0.3 is 0 Å². The minimum absolute atomic E-state index is 0.173. The summed E-state index contributed by atoms with van der Waals surface area (Å²) in [6.45, 7) is 1.35. The minimum Gasteiger partial charge on any atom is -0.369 e. The number of piperidine rings is 1. The first-order valence-corrected chi connectivity index (χ1v) is 11.1. The predicted octanol–water partition coefficient (Wildman–Crippen LogP) is 2.07. The van der Waals surface area contributed by atoms with E-state index in [0.29, 0.717) is 18.1 Å². The number of hydrogen-bond acceptors (Lipinski definition) is 5. The van der Waals surface area contributed by atoms with Gasteiger partial charge in [0.05, 0.1) is 22.7 Å². The molecule has 1 aromatic carbocycles. The van der Waals surface area contributed by atoms with Crippen molar-refractivity contribution in [3.63, 3.8) is 0 Å². The van der Waals surface area contributed by atoms with Crippen LogP contribution in [0.5, 0.6) is 0 Å². The molecule has 3 N–H and O–H groups in total. The molecule has 2 aromatic rings. The number of hydrogen-bond donors (Lipinski definition) is 2. The van der Waals surface area contributed by atoms with Gasteiger partial charge in [0.15, 0.2) is 0 Å². The number of aromatic nitrogens is 1. The first-order valence-electron chi connectivity index (χ1n) is 9.57. The summed E-state index contributed by atoms with van der Waals surface area (Å²) in [5.74, 6) is 0.253. The van der Waals surface area contributed by atoms with Gasteiger partial charge in [0.25, 0.3) is 10.0 Å². The van der Waals surface area contributed by atoms with E-state index in [4.69, 9.17) is 5.73 Å². The number of nitrogens with zero attached hydrogens (tertiary/aromatic N) is 2. The molecular weight excluding hydrogens is 376 g/mol.